The Morgan fingerprint density at radius 1 is 0.941 bits per heavy atom. The van der Waals surface area contributed by atoms with Crippen LogP contribution < -0.4 is 4.90 Å². The van der Waals surface area contributed by atoms with Gasteiger partial charge >= 0.3 is 0 Å². The number of likely N-dealkylation sites (tertiary alicyclic amines) is 1. The van der Waals surface area contributed by atoms with Gasteiger partial charge in [-0.05, 0) is 74.2 Å². The molecule has 0 radical (unpaired) electrons. The number of fused-ring (bicyclic) bond motifs is 3. The molecule has 3 heterocycles. The van der Waals surface area contributed by atoms with Crippen LogP contribution >= 0.6 is 0 Å². The minimum Gasteiger partial charge on any atom is -0.356 e. The fourth-order valence-corrected chi connectivity index (χ4v) is 5.40. The third-order valence-electron chi connectivity index (χ3n) is 7.17. The maximum absolute atomic E-state index is 13.7. The number of amides is 1. The van der Waals surface area contributed by atoms with Crippen LogP contribution in [0.3, 0.4) is 0 Å². The van der Waals surface area contributed by atoms with Crippen LogP contribution in [0.25, 0.3) is 11.0 Å². The van der Waals surface area contributed by atoms with E-state index in [2.05, 4.69) is 34.3 Å². The summed E-state index contributed by atoms with van der Waals surface area (Å²) in [6.45, 7) is 1.99. The van der Waals surface area contributed by atoms with E-state index in [1.165, 1.54) is 23.3 Å². The van der Waals surface area contributed by atoms with Gasteiger partial charge in [-0.3, -0.25) is 14.6 Å². The topological polar surface area (TPSA) is 49.6 Å². The van der Waals surface area contributed by atoms with Crippen molar-refractivity contribution < 1.29 is 13.7 Å². The van der Waals surface area contributed by atoms with E-state index in [-0.39, 0.29) is 17.6 Å². The second-order valence-electron chi connectivity index (χ2n) is 9.25. The fourth-order valence-electron chi connectivity index (χ4n) is 5.40. The third-order valence-corrected chi connectivity index (χ3v) is 7.17. The number of hydrogen-bond donors (Lipinski definition) is 0. The van der Waals surface area contributed by atoms with Crippen molar-refractivity contribution in [3.63, 3.8) is 0 Å². The van der Waals surface area contributed by atoms with Crippen LogP contribution in [0.1, 0.15) is 35.6 Å². The Morgan fingerprint density at radius 2 is 1.59 bits per heavy atom. The molecule has 0 aliphatic carbocycles. The van der Waals surface area contributed by atoms with E-state index < -0.39 is 0 Å². The number of para-hydroxylation sites is 2. The molecule has 5 nitrogen and oxygen atoms in total. The van der Waals surface area contributed by atoms with Gasteiger partial charge in [-0.15, -0.1) is 0 Å². The summed E-state index contributed by atoms with van der Waals surface area (Å²) in [6, 6.07) is 21.1. The third kappa shape index (κ3) is 3.78. The van der Waals surface area contributed by atoms with Crippen molar-refractivity contribution in [3.8, 4) is 0 Å². The first-order chi connectivity index (χ1) is 16.7. The number of rotatable bonds is 3. The summed E-state index contributed by atoms with van der Waals surface area (Å²) in [5.41, 5.74) is 5.80. The highest BCUT2D eigenvalue weighted by molar-refractivity contribution is 6.03. The first-order valence-electron chi connectivity index (χ1n) is 11.9. The van der Waals surface area contributed by atoms with E-state index in [1.54, 1.807) is 6.07 Å². The van der Waals surface area contributed by atoms with Crippen molar-refractivity contribution >= 4 is 28.3 Å². The van der Waals surface area contributed by atoms with Gasteiger partial charge in [0.15, 0.2) is 5.58 Å². The number of carbonyl (C=O) groups excluding carboxylic acids is 1. The van der Waals surface area contributed by atoms with Gasteiger partial charge < -0.3 is 4.52 Å². The molecule has 34 heavy (non-hydrogen) atoms. The number of nitrogens with zero attached hydrogens (tertiary/aromatic N) is 3. The number of benzene rings is 3. The van der Waals surface area contributed by atoms with Crippen molar-refractivity contribution in [2.24, 2.45) is 0 Å². The molecule has 1 amide bonds. The molecule has 1 saturated heterocycles. The molecule has 3 aromatic carbocycles. The Kier molecular flexibility index (Phi) is 5.38. The highest BCUT2D eigenvalue weighted by atomic mass is 19.1. The largest absolute Gasteiger partial charge is 0.356 e. The van der Waals surface area contributed by atoms with E-state index in [1.807, 2.05) is 29.2 Å². The van der Waals surface area contributed by atoms with E-state index in [0.29, 0.717) is 12.1 Å². The quantitative estimate of drug-likeness (QED) is 0.403. The number of hydrogen-bond acceptors (Lipinski definition) is 4. The van der Waals surface area contributed by atoms with Crippen LogP contribution in [0.4, 0.5) is 15.8 Å². The standard InChI is InChI=1S/C28H26FN3O2/c29-22-11-12-23-26(17-22)34-30-28(23)21-13-15-31(16-14-21)18-27(33)32-24-7-3-1-5-19(24)9-10-20-6-2-4-8-25(20)32/h1-8,11-12,17,21H,9-10,13-16,18H2. The second kappa shape index (κ2) is 8.69. The lowest BCUT2D eigenvalue weighted by molar-refractivity contribution is -0.119. The lowest BCUT2D eigenvalue weighted by Gasteiger charge is -2.33. The molecule has 0 unspecified atom stereocenters. The molecule has 4 aromatic rings. The molecular weight excluding hydrogens is 429 g/mol. The molecule has 172 valence electrons. The van der Waals surface area contributed by atoms with Crippen LogP contribution in [-0.2, 0) is 17.6 Å². The Labute approximate surface area is 197 Å². The normalized spacial score (nSPS) is 16.8. The lowest BCUT2D eigenvalue weighted by atomic mass is 9.91. The summed E-state index contributed by atoms with van der Waals surface area (Å²) in [5, 5.41) is 5.13. The number of carbonyl (C=O) groups is 1. The SMILES string of the molecule is O=C(CN1CCC(c2noc3cc(F)ccc23)CC1)N1c2ccccc2CCc2ccccc21. The number of anilines is 2. The zero-order valence-electron chi connectivity index (χ0n) is 18.9. The highest BCUT2D eigenvalue weighted by Crippen LogP contribution is 2.37. The van der Waals surface area contributed by atoms with Gasteiger partial charge in [-0.1, -0.05) is 41.6 Å². The molecule has 0 spiro atoms. The Balaban J connectivity index is 1.19. The van der Waals surface area contributed by atoms with Crippen LogP contribution in [0.5, 0.6) is 0 Å². The maximum atomic E-state index is 13.7. The monoisotopic (exact) mass is 455 g/mol. The number of halogens is 1. The molecule has 1 fully saturated rings. The summed E-state index contributed by atoms with van der Waals surface area (Å²) in [4.78, 5) is 17.8. The maximum Gasteiger partial charge on any atom is 0.245 e. The van der Waals surface area contributed by atoms with Crippen molar-refractivity contribution in [1.82, 2.24) is 10.1 Å². The number of piperidine rings is 1. The average molecular weight is 456 g/mol. The molecule has 0 atom stereocenters. The predicted octanol–water partition coefficient (Wildman–Crippen LogP) is 5.61. The number of aryl methyl sites for hydroxylation is 2. The molecule has 2 aliphatic heterocycles. The molecular formula is C28H26FN3O2. The summed E-state index contributed by atoms with van der Waals surface area (Å²) in [5.74, 6) is 0.0282. The summed E-state index contributed by atoms with van der Waals surface area (Å²) in [6.07, 6.45) is 3.63. The summed E-state index contributed by atoms with van der Waals surface area (Å²) < 4.78 is 18.9. The Morgan fingerprint density at radius 3 is 2.26 bits per heavy atom. The van der Waals surface area contributed by atoms with Gasteiger partial charge in [0.05, 0.1) is 23.6 Å². The zero-order chi connectivity index (χ0) is 23.1. The van der Waals surface area contributed by atoms with Crippen LogP contribution in [0.2, 0.25) is 0 Å². The second-order valence-corrected chi connectivity index (χ2v) is 9.25. The molecule has 0 saturated carbocycles. The van der Waals surface area contributed by atoms with E-state index in [9.17, 15) is 9.18 Å². The average Bonchev–Trinajstić information content (AvgIpc) is 3.19. The van der Waals surface area contributed by atoms with Gasteiger partial charge in [0, 0.05) is 17.4 Å². The summed E-state index contributed by atoms with van der Waals surface area (Å²) in [7, 11) is 0. The minimum atomic E-state index is -0.319. The van der Waals surface area contributed by atoms with Crippen molar-refractivity contribution in [1.29, 1.82) is 0 Å². The first-order valence-corrected chi connectivity index (χ1v) is 11.9. The van der Waals surface area contributed by atoms with Crippen LogP contribution in [0, 0.1) is 5.82 Å². The first kappa shape index (κ1) is 21.1. The van der Waals surface area contributed by atoms with Gasteiger partial charge in [0.25, 0.3) is 0 Å². The highest BCUT2D eigenvalue weighted by Gasteiger charge is 2.30. The molecule has 0 N–H and O–H groups in total. The molecule has 2 aliphatic rings. The zero-order valence-corrected chi connectivity index (χ0v) is 18.9. The van der Waals surface area contributed by atoms with Gasteiger partial charge in [-0.2, -0.15) is 0 Å². The van der Waals surface area contributed by atoms with E-state index in [0.717, 1.165) is 61.2 Å². The fraction of sp³-hybridized carbons (Fsp3) is 0.286. The Bertz CT molecular complexity index is 1310. The van der Waals surface area contributed by atoms with Crippen LogP contribution in [0.15, 0.2) is 71.3 Å². The van der Waals surface area contributed by atoms with Gasteiger partial charge in [0.2, 0.25) is 5.91 Å². The summed E-state index contributed by atoms with van der Waals surface area (Å²) >= 11 is 0. The predicted molar refractivity (Wildman–Crippen MR) is 130 cm³/mol. The molecule has 6 heteroatoms. The van der Waals surface area contributed by atoms with Crippen molar-refractivity contribution in [2.75, 3.05) is 24.5 Å². The number of aromatic nitrogens is 1. The van der Waals surface area contributed by atoms with E-state index >= 15 is 0 Å². The van der Waals surface area contributed by atoms with Crippen molar-refractivity contribution in [3.05, 3.63) is 89.4 Å². The minimum absolute atomic E-state index is 0.0996. The van der Waals surface area contributed by atoms with Crippen molar-refractivity contribution in [2.45, 2.75) is 31.6 Å². The van der Waals surface area contributed by atoms with Gasteiger partial charge in [-0.25, -0.2) is 4.39 Å². The Hall–Kier alpha value is -3.51. The lowest BCUT2D eigenvalue weighted by Crippen LogP contribution is -2.42. The van der Waals surface area contributed by atoms with Crippen LogP contribution in [-0.4, -0.2) is 35.6 Å². The molecule has 0 bridgehead atoms. The van der Waals surface area contributed by atoms with E-state index in [4.69, 9.17) is 4.52 Å². The molecule has 1 aromatic heterocycles. The van der Waals surface area contributed by atoms with Gasteiger partial charge in [0.1, 0.15) is 5.82 Å². The smallest absolute Gasteiger partial charge is 0.245 e. The molecule has 6 rings (SSSR count).